The zero-order valence-electron chi connectivity index (χ0n) is 14.1. The summed E-state index contributed by atoms with van der Waals surface area (Å²) in [6, 6.07) is 8.79. The zero-order chi connectivity index (χ0) is 15.4. The third-order valence-corrected chi connectivity index (χ3v) is 4.91. The summed E-state index contributed by atoms with van der Waals surface area (Å²) < 4.78 is 0. The van der Waals surface area contributed by atoms with Crippen LogP contribution in [0.1, 0.15) is 54.9 Å². The van der Waals surface area contributed by atoms with E-state index in [1.807, 2.05) is 17.0 Å². The number of halogens is 1. The number of carbonyl (C=O) groups excluding carboxylic acids is 1. The molecule has 1 aromatic rings. The number of likely N-dealkylation sites (tertiary alicyclic amines) is 1. The Balaban J connectivity index is 0.00000192. The first-order chi connectivity index (χ1) is 10.8. The predicted molar refractivity (Wildman–Crippen MR) is 97.3 cm³/mol. The average molecular weight is 337 g/mol. The van der Waals surface area contributed by atoms with Crippen LogP contribution in [0.2, 0.25) is 0 Å². The average Bonchev–Trinajstić information content (AvgIpc) is 3.38. The first-order valence-corrected chi connectivity index (χ1v) is 8.88. The molecule has 3 nitrogen and oxygen atoms in total. The van der Waals surface area contributed by atoms with Gasteiger partial charge in [-0.25, -0.2) is 0 Å². The summed E-state index contributed by atoms with van der Waals surface area (Å²) in [6.07, 6.45) is 7.22. The monoisotopic (exact) mass is 336 g/mol. The maximum atomic E-state index is 12.6. The summed E-state index contributed by atoms with van der Waals surface area (Å²) in [6.45, 7) is 5.13. The molecule has 1 aromatic carbocycles. The maximum Gasteiger partial charge on any atom is 0.253 e. The number of benzene rings is 1. The molecule has 0 unspecified atom stereocenters. The lowest BCUT2D eigenvalue weighted by Crippen LogP contribution is -2.45. The molecule has 1 amide bonds. The molecule has 128 valence electrons. The Labute approximate surface area is 146 Å². The van der Waals surface area contributed by atoms with E-state index in [1.165, 1.54) is 24.9 Å². The number of hydrogen-bond acceptors (Lipinski definition) is 2. The van der Waals surface area contributed by atoms with Gasteiger partial charge in [0.05, 0.1) is 0 Å². The second kappa shape index (κ2) is 8.70. The van der Waals surface area contributed by atoms with Gasteiger partial charge in [0.2, 0.25) is 0 Å². The van der Waals surface area contributed by atoms with Crippen molar-refractivity contribution in [1.29, 1.82) is 0 Å². The van der Waals surface area contributed by atoms with Crippen LogP contribution in [-0.2, 0) is 6.42 Å². The van der Waals surface area contributed by atoms with Crippen LogP contribution >= 0.6 is 12.4 Å². The fourth-order valence-electron chi connectivity index (χ4n) is 3.23. The first kappa shape index (κ1) is 18.3. The molecule has 1 heterocycles. The number of rotatable bonds is 6. The molecule has 2 fully saturated rings. The van der Waals surface area contributed by atoms with E-state index in [2.05, 4.69) is 24.4 Å². The van der Waals surface area contributed by atoms with E-state index in [9.17, 15) is 4.79 Å². The van der Waals surface area contributed by atoms with Gasteiger partial charge in [-0.1, -0.05) is 25.5 Å². The van der Waals surface area contributed by atoms with E-state index >= 15 is 0 Å². The highest BCUT2D eigenvalue weighted by Gasteiger charge is 2.26. The molecule has 2 aliphatic rings. The molecule has 0 aromatic heterocycles. The Bertz CT molecular complexity index is 491. The summed E-state index contributed by atoms with van der Waals surface area (Å²) >= 11 is 0. The fraction of sp³-hybridized carbons (Fsp3) is 0.632. The smallest absolute Gasteiger partial charge is 0.253 e. The number of piperidine rings is 1. The van der Waals surface area contributed by atoms with Gasteiger partial charge in [-0.05, 0) is 62.3 Å². The molecule has 0 bridgehead atoms. The molecule has 1 saturated carbocycles. The van der Waals surface area contributed by atoms with Gasteiger partial charge in [-0.15, -0.1) is 12.4 Å². The first-order valence-electron chi connectivity index (χ1n) is 8.88. The van der Waals surface area contributed by atoms with Crippen molar-refractivity contribution in [2.24, 2.45) is 5.92 Å². The quantitative estimate of drug-likeness (QED) is 0.859. The lowest BCUT2D eigenvalue weighted by atomic mass is 10.0. The largest absolute Gasteiger partial charge is 0.339 e. The molecular weight excluding hydrogens is 308 g/mol. The van der Waals surface area contributed by atoms with E-state index in [4.69, 9.17) is 0 Å². The van der Waals surface area contributed by atoms with Crippen LogP contribution < -0.4 is 5.32 Å². The maximum absolute atomic E-state index is 12.6. The van der Waals surface area contributed by atoms with Crippen molar-refractivity contribution in [2.45, 2.75) is 51.5 Å². The van der Waals surface area contributed by atoms with Gasteiger partial charge in [0.1, 0.15) is 0 Å². The highest BCUT2D eigenvalue weighted by Crippen LogP contribution is 2.28. The van der Waals surface area contributed by atoms with E-state index in [1.54, 1.807) is 0 Å². The summed E-state index contributed by atoms with van der Waals surface area (Å²) in [4.78, 5) is 14.6. The van der Waals surface area contributed by atoms with E-state index in [0.717, 1.165) is 50.3 Å². The SMILES string of the molecule is CCCc1ccc(C(=O)N2CCC(NCC3CC3)CC2)cc1.Cl. The van der Waals surface area contributed by atoms with Gasteiger partial charge in [0, 0.05) is 24.7 Å². The third-order valence-electron chi connectivity index (χ3n) is 4.91. The Morgan fingerprint density at radius 3 is 2.35 bits per heavy atom. The van der Waals surface area contributed by atoms with Crippen LogP contribution in [0.15, 0.2) is 24.3 Å². The number of aryl methyl sites for hydroxylation is 1. The number of carbonyl (C=O) groups is 1. The van der Waals surface area contributed by atoms with Crippen molar-refractivity contribution in [3.63, 3.8) is 0 Å². The molecule has 0 atom stereocenters. The van der Waals surface area contributed by atoms with Gasteiger partial charge in [-0.2, -0.15) is 0 Å². The van der Waals surface area contributed by atoms with Crippen LogP contribution in [0.25, 0.3) is 0 Å². The Hall–Kier alpha value is -1.06. The van der Waals surface area contributed by atoms with Gasteiger partial charge in [-0.3, -0.25) is 4.79 Å². The molecule has 1 aliphatic heterocycles. The van der Waals surface area contributed by atoms with Gasteiger partial charge < -0.3 is 10.2 Å². The minimum Gasteiger partial charge on any atom is -0.339 e. The van der Waals surface area contributed by atoms with Crippen LogP contribution in [0.5, 0.6) is 0 Å². The molecule has 0 radical (unpaired) electrons. The Morgan fingerprint density at radius 1 is 1.13 bits per heavy atom. The predicted octanol–water partition coefficient (Wildman–Crippen LogP) is 3.67. The van der Waals surface area contributed by atoms with Crippen LogP contribution in [0.3, 0.4) is 0 Å². The molecular formula is C19H29ClN2O. The van der Waals surface area contributed by atoms with Crippen LogP contribution in [-0.4, -0.2) is 36.5 Å². The second-order valence-corrected chi connectivity index (χ2v) is 6.87. The number of nitrogens with one attached hydrogen (secondary N) is 1. The summed E-state index contributed by atoms with van der Waals surface area (Å²) in [5.74, 6) is 1.13. The third kappa shape index (κ3) is 5.22. The van der Waals surface area contributed by atoms with Crippen molar-refractivity contribution < 1.29 is 4.79 Å². The Kier molecular flexibility index (Phi) is 6.91. The van der Waals surface area contributed by atoms with Crippen LogP contribution in [0.4, 0.5) is 0 Å². The lowest BCUT2D eigenvalue weighted by Gasteiger charge is -2.32. The molecule has 1 saturated heterocycles. The molecule has 1 aliphatic carbocycles. The van der Waals surface area contributed by atoms with Gasteiger partial charge in [0.15, 0.2) is 0 Å². The van der Waals surface area contributed by atoms with E-state index in [-0.39, 0.29) is 18.3 Å². The lowest BCUT2D eigenvalue weighted by molar-refractivity contribution is 0.0705. The standard InChI is InChI=1S/C19H28N2O.ClH/c1-2-3-15-6-8-17(9-7-15)19(22)21-12-10-18(11-13-21)20-14-16-4-5-16;/h6-9,16,18,20H,2-5,10-14H2,1H3;1H. The van der Waals surface area contributed by atoms with E-state index < -0.39 is 0 Å². The summed E-state index contributed by atoms with van der Waals surface area (Å²) in [7, 11) is 0. The van der Waals surface area contributed by atoms with Crippen LogP contribution in [0, 0.1) is 5.92 Å². The highest BCUT2D eigenvalue weighted by atomic mass is 35.5. The van der Waals surface area contributed by atoms with Gasteiger partial charge in [0.25, 0.3) is 5.91 Å². The van der Waals surface area contributed by atoms with Crippen molar-refractivity contribution in [1.82, 2.24) is 10.2 Å². The summed E-state index contributed by atoms with van der Waals surface area (Å²) in [5, 5.41) is 3.67. The highest BCUT2D eigenvalue weighted by molar-refractivity contribution is 5.94. The minimum atomic E-state index is 0. The molecule has 4 heteroatoms. The zero-order valence-corrected chi connectivity index (χ0v) is 14.9. The second-order valence-electron chi connectivity index (χ2n) is 6.87. The number of hydrogen-bond donors (Lipinski definition) is 1. The molecule has 23 heavy (non-hydrogen) atoms. The van der Waals surface area contributed by atoms with Crippen molar-refractivity contribution in [3.05, 3.63) is 35.4 Å². The molecule has 0 spiro atoms. The fourth-order valence-corrected chi connectivity index (χ4v) is 3.23. The molecule has 1 N–H and O–H groups in total. The normalized spacial score (nSPS) is 18.6. The Morgan fingerprint density at radius 2 is 1.78 bits per heavy atom. The topological polar surface area (TPSA) is 32.3 Å². The summed E-state index contributed by atoms with van der Waals surface area (Å²) in [5.41, 5.74) is 2.16. The van der Waals surface area contributed by atoms with Gasteiger partial charge >= 0.3 is 0 Å². The minimum absolute atomic E-state index is 0. The van der Waals surface area contributed by atoms with Crippen molar-refractivity contribution in [2.75, 3.05) is 19.6 Å². The number of amides is 1. The number of nitrogens with zero attached hydrogens (tertiary/aromatic N) is 1. The molecule has 3 rings (SSSR count). The van der Waals surface area contributed by atoms with Crippen molar-refractivity contribution in [3.8, 4) is 0 Å². The van der Waals surface area contributed by atoms with Crippen molar-refractivity contribution >= 4 is 18.3 Å². The van der Waals surface area contributed by atoms with E-state index in [0.29, 0.717) is 6.04 Å².